The van der Waals surface area contributed by atoms with Crippen LogP contribution in [-0.2, 0) is 14.9 Å². The van der Waals surface area contributed by atoms with Gasteiger partial charge in [0, 0.05) is 18.3 Å². The molecule has 3 aromatic heterocycles. The smallest absolute Gasteiger partial charge is 0.423 e. The lowest BCUT2D eigenvalue weighted by Gasteiger charge is -2.20. The minimum atomic E-state index is -0.605. The van der Waals surface area contributed by atoms with E-state index in [1.165, 1.54) is 6.39 Å². The maximum atomic E-state index is 10.1. The van der Waals surface area contributed by atoms with Gasteiger partial charge in [-0.3, -0.25) is 0 Å². The topological polar surface area (TPSA) is 140 Å². The molecule has 12 heteroatoms. The highest BCUT2D eigenvalue weighted by Gasteiger charge is 2.43. The normalized spacial score (nSPS) is 14.9. The maximum absolute atomic E-state index is 10.1. The molecule has 0 aliphatic carbocycles. The third-order valence-electron chi connectivity index (χ3n) is 5.78. The summed E-state index contributed by atoms with van der Waals surface area (Å²) in [7, 11) is -0.448. The van der Waals surface area contributed by atoms with E-state index in [2.05, 4.69) is 30.8 Å². The monoisotopic (exact) mass is 487 g/mol. The van der Waals surface area contributed by atoms with Gasteiger partial charge in [-0.05, 0) is 32.4 Å². The van der Waals surface area contributed by atoms with Crippen molar-refractivity contribution in [2.24, 2.45) is 0 Å². The molecule has 0 saturated heterocycles. The van der Waals surface area contributed by atoms with Crippen molar-refractivity contribution in [2.75, 3.05) is 23.8 Å². The molecule has 0 unspecified atom stereocenters. The van der Waals surface area contributed by atoms with Crippen molar-refractivity contribution in [3.63, 3.8) is 0 Å². The summed E-state index contributed by atoms with van der Waals surface area (Å²) in [6, 6.07) is 12.9. The molecule has 11 nitrogen and oxygen atoms in total. The molecule has 36 heavy (non-hydrogen) atoms. The van der Waals surface area contributed by atoms with Crippen LogP contribution in [0.4, 0.5) is 17.6 Å². The lowest BCUT2D eigenvalue weighted by atomic mass is 9.80. The SMILES string of the molecule is CCOB1OC(C)(C)c2nc(Nc3ncc(-c4nnco4)c(N[C@H](CO)c4ccccc4)n3)ccc21. The van der Waals surface area contributed by atoms with Gasteiger partial charge in [0.05, 0.1) is 29.5 Å². The van der Waals surface area contributed by atoms with Crippen LogP contribution >= 0.6 is 0 Å². The number of anilines is 3. The molecular formula is C24H26BN7O4. The van der Waals surface area contributed by atoms with Crippen molar-refractivity contribution in [1.29, 1.82) is 0 Å². The van der Waals surface area contributed by atoms with E-state index >= 15 is 0 Å². The number of nitrogens with zero attached hydrogens (tertiary/aromatic N) is 5. The number of fused-ring (bicyclic) bond motifs is 1. The second kappa shape index (κ2) is 10.0. The van der Waals surface area contributed by atoms with Gasteiger partial charge in [-0.15, -0.1) is 10.2 Å². The van der Waals surface area contributed by atoms with Crippen LogP contribution < -0.4 is 16.1 Å². The van der Waals surface area contributed by atoms with Gasteiger partial charge in [0.2, 0.25) is 12.3 Å². The molecular weight excluding hydrogens is 461 g/mol. The first kappa shape index (κ1) is 23.9. The van der Waals surface area contributed by atoms with Crippen LogP contribution in [0.25, 0.3) is 11.5 Å². The van der Waals surface area contributed by atoms with E-state index in [0.29, 0.717) is 29.8 Å². The Bertz CT molecular complexity index is 1320. The highest BCUT2D eigenvalue weighted by molar-refractivity contribution is 6.63. The van der Waals surface area contributed by atoms with Gasteiger partial charge < -0.3 is 29.5 Å². The van der Waals surface area contributed by atoms with E-state index in [1.807, 2.05) is 63.2 Å². The van der Waals surface area contributed by atoms with Gasteiger partial charge in [-0.25, -0.2) is 9.97 Å². The predicted octanol–water partition coefficient (Wildman–Crippen LogP) is 2.81. The third-order valence-corrected chi connectivity index (χ3v) is 5.78. The Hall–Kier alpha value is -3.87. The number of aliphatic hydroxyl groups is 1. The highest BCUT2D eigenvalue weighted by atomic mass is 16.6. The van der Waals surface area contributed by atoms with Crippen LogP contribution in [0.2, 0.25) is 0 Å². The van der Waals surface area contributed by atoms with Crippen molar-refractivity contribution in [2.45, 2.75) is 32.4 Å². The van der Waals surface area contributed by atoms with E-state index in [0.717, 1.165) is 16.7 Å². The molecule has 0 bridgehead atoms. The number of hydrogen-bond donors (Lipinski definition) is 3. The van der Waals surface area contributed by atoms with E-state index in [4.69, 9.17) is 18.7 Å². The van der Waals surface area contributed by atoms with Gasteiger partial charge >= 0.3 is 7.12 Å². The predicted molar refractivity (Wildman–Crippen MR) is 134 cm³/mol. The number of pyridine rings is 1. The average molecular weight is 487 g/mol. The summed E-state index contributed by atoms with van der Waals surface area (Å²) < 4.78 is 17.1. The summed E-state index contributed by atoms with van der Waals surface area (Å²) >= 11 is 0. The van der Waals surface area contributed by atoms with E-state index in [-0.39, 0.29) is 12.5 Å². The molecule has 1 aliphatic heterocycles. The molecule has 0 spiro atoms. The summed E-state index contributed by atoms with van der Waals surface area (Å²) in [6.45, 7) is 6.23. The molecule has 1 atom stereocenters. The minimum Gasteiger partial charge on any atom is -0.423 e. The largest absolute Gasteiger partial charge is 0.496 e. The lowest BCUT2D eigenvalue weighted by molar-refractivity contribution is 0.0834. The van der Waals surface area contributed by atoms with E-state index < -0.39 is 18.8 Å². The summed E-state index contributed by atoms with van der Waals surface area (Å²) in [5.74, 6) is 1.53. The Kier molecular flexibility index (Phi) is 6.64. The Morgan fingerprint density at radius 2 is 1.97 bits per heavy atom. The second-order valence-electron chi connectivity index (χ2n) is 8.66. The van der Waals surface area contributed by atoms with E-state index in [1.54, 1.807) is 6.20 Å². The maximum Gasteiger partial charge on any atom is 0.496 e. The average Bonchev–Trinajstić information content (AvgIpc) is 3.50. The van der Waals surface area contributed by atoms with Crippen molar-refractivity contribution in [1.82, 2.24) is 25.1 Å². The van der Waals surface area contributed by atoms with Crippen LogP contribution in [-0.4, -0.2) is 50.6 Å². The fourth-order valence-corrected chi connectivity index (χ4v) is 4.07. The molecule has 1 aliphatic rings. The molecule has 0 saturated carbocycles. The van der Waals surface area contributed by atoms with Crippen LogP contribution in [0.15, 0.2) is 59.5 Å². The molecule has 0 radical (unpaired) electrons. The summed E-state index contributed by atoms with van der Waals surface area (Å²) in [5.41, 5.74) is 2.48. The highest BCUT2D eigenvalue weighted by Crippen LogP contribution is 2.32. The number of aromatic nitrogens is 5. The quantitative estimate of drug-likeness (QED) is 0.300. The number of nitrogens with one attached hydrogen (secondary N) is 2. The Morgan fingerprint density at radius 3 is 2.69 bits per heavy atom. The van der Waals surface area contributed by atoms with Crippen molar-refractivity contribution in [3.05, 3.63) is 66.3 Å². The molecule has 5 rings (SSSR count). The van der Waals surface area contributed by atoms with Crippen LogP contribution in [0, 0.1) is 0 Å². The Morgan fingerprint density at radius 1 is 1.14 bits per heavy atom. The molecule has 184 valence electrons. The molecule has 4 aromatic rings. The third kappa shape index (κ3) is 4.78. The Balaban J connectivity index is 1.46. The van der Waals surface area contributed by atoms with Gasteiger partial charge in [0.15, 0.2) is 0 Å². The fraction of sp³-hybridized carbons (Fsp3) is 0.292. The number of benzene rings is 1. The minimum absolute atomic E-state index is 0.150. The summed E-state index contributed by atoms with van der Waals surface area (Å²) in [5, 5.41) is 24.2. The van der Waals surface area contributed by atoms with Gasteiger partial charge in [0.1, 0.15) is 11.6 Å². The molecule has 3 N–H and O–H groups in total. The zero-order chi connectivity index (χ0) is 25.1. The molecule has 1 aromatic carbocycles. The molecule has 0 amide bonds. The molecule has 0 fully saturated rings. The van der Waals surface area contributed by atoms with Crippen molar-refractivity contribution >= 4 is 30.2 Å². The first-order valence-electron chi connectivity index (χ1n) is 11.6. The van der Waals surface area contributed by atoms with Gasteiger partial charge in [-0.2, -0.15) is 4.98 Å². The second-order valence-corrected chi connectivity index (χ2v) is 8.66. The summed E-state index contributed by atoms with van der Waals surface area (Å²) in [6.07, 6.45) is 2.82. The number of aliphatic hydroxyl groups excluding tert-OH is 1. The first-order valence-corrected chi connectivity index (χ1v) is 11.6. The van der Waals surface area contributed by atoms with Crippen molar-refractivity contribution in [3.8, 4) is 11.5 Å². The van der Waals surface area contributed by atoms with Crippen molar-refractivity contribution < 1.29 is 18.8 Å². The zero-order valence-corrected chi connectivity index (χ0v) is 20.2. The van der Waals surface area contributed by atoms with Crippen LogP contribution in [0.3, 0.4) is 0 Å². The Labute approximate surface area is 208 Å². The van der Waals surface area contributed by atoms with Gasteiger partial charge in [0.25, 0.3) is 5.89 Å². The number of rotatable bonds is 9. The van der Waals surface area contributed by atoms with Crippen LogP contribution in [0.1, 0.15) is 38.1 Å². The lowest BCUT2D eigenvalue weighted by Crippen LogP contribution is -2.32. The van der Waals surface area contributed by atoms with Crippen LogP contribution in [0.5, 0.6) is 0 Å². The first-order chi connectivity index (χ1) is 17.5. The molecule has 4 heterocycles. The summed E-state index contributed by atoms with van der Waals surface area (Å²) in [4.78, 5) is 13.8. The fourth-order valence-electron chi connectivity index (χ4n) is 4.07. The zero-order valence-electron chi connectivity index (χ0n) is 20.2. The van der Waals surface area contributed by atoms with Gasteiger partial charge in [-0.1, -0.05) is 36.4 Å². The standard InChI is InChI=1S/C24H26BN7O4/c1-4-35-25-17-10-11-19(29-20(17)24(2,3)36-25)30-23-26-12-16(22-32-27-14-34-22)21(31-23)28-18(13-33)15-8-6-5-7-9-15/h5-12,14,18,33H,4,13H2,1-3H3,(H2,26,28,29,30,31)/t18-/m1/s1. The number of hydrogen-bond acceptors (Lipinski definition) is 11. The van der Waals surface area contributed by atoms with E-state index in [9.17, 15) is 5.11 Å².